The second kappa shape index (κ2) is 15.2. The summed E-state index contributed by atoms with van der Waals surface area (Å²) in [6.07, 6.45) is 11.0. The average Bonchev–Trinajstić information content (AvgIpc) is 3.58. The van der Waals surface area contributed by atoms with Crippen LogP contribution in [0.4, 0.5) is 0 Å². The number of ketones is 1. The topological polar surface area (TPSA) is 93.2 Å². The first-order valence-electron chi connectivity index (χ1n) is 26.3. The number of carbonyl (C=O) groups is 4. The zero-order valence-corrected chi connectivity index (χ0v) is 38.3. The summed E-state index contributed by atoms with van der Waals surface area (Å²) in [7, 11) is 0. The van der Waals surface area contributed by atoms with Crippen LogP contribution in [-0.4, -0.2) is 77.9 Å². The van der Waals surface area contributed by atoms with Gasteiger partial charge in [-0.05, 0) is 162 Å². The van der Waals surface area contributed by atoms with Crippen molar-refractivity contribution >= 4 is 24.1 Å². The molecule has 7 aliphatic rings. The lowest BCUT2D eigenvalue weighted by Gasteiger charge is -2.73. The number of amides is 1. The van der Waals surface area contributed by atoms with Crippen LogP contribution >= 0.6 is 0 Å². The highest BCUT2D eigenvalue weighted by molar-refractivity contribution is 5.87. The van der Waals surface area contributed by atoms with E-state index in [1.54, 1.807) is 18.7 Å². The molecular formula is C51H82N2O6. The lowest BCUT2D eigenvalue weighted by Crippen LogP contribution is -2.67. The molecule has 0 radical (unpaired) electrons. The Labute approximate surface area is 366 Å². The van der Waals surface area contributed by atoms with E-state index in [4.69, 9.17) is 17.7 Å². The molecule has 1 saturated heterocycles. The van der Waals surface area contributed by atoms with Crippen LogP contribution in [0, 0.1) is 73.9 Å². The van der Waals surface area contributed by atoms with Crippen LogP contribution in [-0.2, 0) is 28.7 Å². The highest BCUT2D eigenvalue weighted by Crippen LogP contribution is 2.78. The van der Waals surface area contributed by atoms with Gasteiger partial charge in [0.25, 0.3) is 6.47 Å². The molecule has 0 spiro atoms. The summed E-state index contributed by atoms with van der Waals surface area (Å²) in [5, 5.41) is 0. The van der Waals surface area contributed by atoms with Crippen molar-refractivity contribution in [2.24, 2.45) is 73.9 Å². The molecule has 0 bridgehead atoms. The van der Waals surface area contributed by atoms with Gasteiger partial charge < -0.3 is 14.4 Å². The minimum absolute atomic E-state index is 0.0191. The molecule has 6 aliphatic carbocycles. The molecule has 8 heteroatoms. The zero-order chi connectivity index (χ0) is 48.3. The summed E-state index contributed by atoms with van der Waals surface area (Å²) in [6.45, 7) is 22.9. The van der Waals surface area contributed by atoms with Crippen LogP contribution in [0.25, 0.3) is 0 Å². The predicted molar refractivity (Wildman–Crippen MR) is 233 cm³/mol. The van der Waals surface area contributed by atoms with Gasteiger partial charge in [0.1, 0.15) is 17.5 Å². The van der Waals surface area contributed by atoms with Crippen molar-refractivity contribution in [2.75, 3.05) is 26.2 Å². The summed E-state index contributed by atoms with van der Waals surface area (Å²) in [6, 6.07) is -1.56. The standard InChI is InChI=1S/C51H82N2O6/c1-32(2)35-16-21-51(40(55)29-34-28-37(46(34,7)8)44(57)53-26-24-52(25-27-53)33(3)4)23-22-49(12)36(43(35)51)14-15-39-48(11)19-18-41(59-42(56)30-45(5,6)58-31-54)47(9,10)38(48)17-20-50(39,49)13/h31,33-39,41,43H,1,14-30H2,2-13H3/t34-,35-,36+,37+,38-,39+,41-,43+,48-,49+,50+,51+/m0/s1/i3D3,4D3. The quantitative estimate of drug-likeness (QED) is 0.116. The largest absolute Gasteiger partial charge is 0.462 e. The Morgan fingerprint density at radius 3 is 2.17 bits per heavy atom. The van der Waals surface area contributed by atoms with Crippen LogP contribution in [0.5, 0.6) is 0 Å². The van der Waals surface area contributed by atoms with Gasteiger partial charge in [-0.2, -0.15) is 0 Å². The lowest BCUT2D eigenvalue weighted by molar-refractivity contribution is -0.249. The molecule has 0 unspecified atom stereocenters. The van der Waals surface area contributed by atoms with Crippen LogP contribution in [0.1, 0.15) is 175 Å². The first kappa shape index (κ1) is 37.3. The Morgan fingerprint density at radius 1 is 0.847 bits per heavy atom. The van der Waals surface area contributed by atoms with Crippen LogP contribution in [0.2, 0.25) is 0 Å². The molecule has 8 nitrogen and oxygen atoms in total. The van der Waals surface area contributed by atoms with Gasteiger partial charge in [0.05, 0.1) is 6.42 Å². The molecule has 1 heterocycles. The highest BCUT2D eigenvalue weighted by atomic mass is 16.6. The number of rotatable bonds is 11. The molecule has 1 amide bonds. The van der Waals surface area contributed by atoms with E-state index >= 15 is 4.79 Å². The van der Waals surface area contributed by atoms with E-state index in [0.717, 1.165) is 64.2 Å². The number of carbonyl (C=O) groups excluding carboxylic acids is 4. The maximum Gasteiger partial charge on any atom is 0.310 e. The number of allylic oxidation sites excluding steroid dienone is 1. The van der Waals surface area contributed by atoms with E-state index in [0.29, 0.717) is 48.8 Å². The van der Waals surface area contributed by atoms with Crippen molar-refractivity contribution in [1.29, 1.82) is 0 Å². The third-order valence-corrected chi connectivity index (χ3v) is 20.0. The van der Waals surface area contributed by atoms with Crippen LogP contribution in [0.15, 0.2) is 12.2 Å². The number of fused-ring (bicyclic) bond motifs is 7. The number of piperazine rings is 1. The van der Waals surface area contributed by atoms with Crippen LogP contribution in [0.3, 0.4) is 0 Å². The average molecular weight is 825 g/mol. The van der Waals surface area contributed by atoms with Gasteiger partial charge in [0.2, 0.25) is 5.91 Å². The SMILES string of the molecule is [2H]C([2H])([2H])C(N1CCN(C(=O)[C@H]2C[C@@H](CC(=O)[C@]34CC[C@@H](C(=C)C)[C@@H]3[C@H]3CC[C@@H]5[C@@]6(C)CC[C@H](OC(=O)CC(C)(C)OC=O)C(C)(C)[C@@H]6CC[C@@]5(C)[C@]3(C)CC4)C2(C)C)CC1)C([2H])([2H])[2H]. The van der Waals surface area contributed by atoms with E-state index in [-0.39, 0.29) is 95.4 Å². The molecule has 0 N–H and O–H groups in total. The van der Waals surface area contributed by atoms with Gasteiger partial charge in [-0.15, -0.1) is 0 Å². The second-order valence-electron chi connectivity index (χ2n) is 23.5. The molecule has 12 atom stereocenters. The van der Waals surface area contributed by atoms with Gasteiger partial charge >= 0.3 is 5.97 Å². The Balaban J connectivity index is 1.04. The number of nitrogens with zero attached hydrogens (tertiary/aromatic N) is 2. The number of ether oxygens (including phenoxy) is 2. The van der Waals surface area contributed by atoms with Crippen molar-refractivity contribution in [3.05, 3.63) is 12.2 Å². The van der Waals surface area contributed by atoms with E-state index in [9.17, 15) is 14.4 Å². The lowest BCUT2D eigenvalue weighted by atomic mass is 9.32. The van der Waals surface area contributed by atoms with Gasteiger partial charge in [0.15, 0.2) is 0 Å². The molecule has 1 aliphatic heterocycles. The molecule has 7 fully saturated rings. The number of hydrogen-bond acceptors (Lipinski definition) is 7. The minimum atomic E-state index is -2.66. The minimum Gasteiger partial charge on any atom is -0.462 e. The Morgan fingerprint density at radius 2 is 1.54 bits per heavy atom. The highest BCUT2D eigenvalue weighted by Gasteiger charge is 2.72. The molecule has 59 heavy (non-hydrogen) atoms. The fourth-order valence-electron chi connectivity index (χ4n) is 16.2. The van der Waals surface area contributed by atoms with Gasteiger partial charge in [0, 0.05) is 63.6 Å². The smallest absolute Gasteiger partial charge is 0.310 e. The Kier molecular flexibility index (Phi) is 9.65. The van der Waals surface area contributed by atoms with Crippen molar-refractivity contribution in [3.63, 3.8) is 0 Å². The molecule has 0 aromatic heterocycles. The van der Waals surface area contributed by atoms with Gasteiger partial charge in [-0.25, -0.2) is 0 Å². The maximum atomic E-state index is 15.3. The molecular weight excluding hydrogens is 737 g/mol. The number of Topliss-reactive ketones (excluding diaryl/α,β-unsaturated/α-hetero) is 1. The summed E-state index contributed by atoms with van der Waals surface area (Å²) < 4.78 is 58.8. The van der Waals surface area contributed by atoms with Crippen molar-refractivity contribution in [3.8, 4) is 0 Å². The van der Waals surface area contributed by atoms with E-state index in [1.807, 2.05) is 0 Å². The number of hydrogen-bond donors (Lipinski definition) is 0. The van der Waals surface area contributed by atoms with E-state index in [1.165, 1.54) is 10.5 Å². The molecule has 6 saturated carbocycles. The van der Waals surface area contributed by atoms with Crippen molar-refractivity contribution in [2.45, 2.75) is 184 Å². The van der Waals surface area contributed by atoms with Crippen molar-refractivity contribution in [1.82, 2.24) is 9.80 Å². The fourth-order valence-corrected chi connectivity index (χ4v) is 16.2. The second-order valence-corrected chi connectivity index (χ2v) is 23.5. The van der Waals surface area contributed by atoms with Crippen molar-refractivity contribution < 1.29 is 36.9 Å². The van der Waals surface area contributed by atoms with Crippen LogP contribution < -0.4 is 0 Å². The summed E-state index contributed by atoms with van der Waals surface area (Å²) in [4.78, 5) is 56.9. The normalized spacial score (nSPS) is 44.6. The molecule has 0 aromatic rings. The van der Waals surface area contributed by atoms with E-state index in [2.05, 4.69) is 62.0 Å². The van der Waals surface area contributed by atoms with Gasteiger partial charge in [-0.1, -0.05) is 60.6 Å². The first-order chi connectivity index (χ1) is 29.8. The maximum absolute atomic E-state index is 15.3. The monoisotopic (exact) mass is 825 g/mol. The molecule has 0 aromatic carbocycles. The zero-order valence-electron chi connectivity index (χ0n) is 44.3. The molecule has 7 rings (SSSR count). The fraction of sp³-hybridized carbons (Fsp3) is 0.882. The van der Waals surface area contributed by atoms with E-state index < -0.39 is 30.8 Å². The predicted octanol–water partition coefficient (Wildman–Crippen LogP) is 10.1. The summed E-state index contributed by atoms with van der Waals surface area (Å²) in [5.74, 6) is 1.81. The number of esters is 1. The van der Waals surface area contributed by atoms with Gasteiger partial charge in [-0.3, -0.25) is 24.1 Å². The third kappa shape index (κ3) is 7.00. The first-order valence-corrected chi connectivity index (χ1v) is 23.3. The molecule has 332 valence electrons. The third-order valence-electron chi connectivity index (χ3n) is 20.0. The summed E-state index contributed by atoms with van der Waals surface area (Å²) >= 11 is 0. The summed E-state index contributed by atoms with van der Waals surface area (Å²) in [5.41, 5.74) is -0.488. The Hall–Kier alpha value is -2.22. The Bertz CT molecular complexity index is 1870.